The SMILES string of the molecule is CC(NC1COc2ccccc2C1)c1cccc(S(=O)(=O)N(C)C)c1. The number of hydrogen-bond acceptors (Lipinski definition) is 4. The van der Waals surface area contributed by atoms with Gasteiger partial charge in [0.2, 0.25) is 10.0 Å². The Morgan fingerprint density at radius 2 is 1.92 bits per heavy atom. The van der Waals surface area contributed by atoms with Crippen LogP contribution in [-0.4, -0.2) is 39.5 Å². The fourth-order valence-corrected chi connectivity index (χ4v) is 4.00. The Hall–Kier alpha value is -1.89. The van der Waals surface area contributed by atoms with Crippen molar-refractivity contribution in [3.05, 3.63) is 59.7 Å². The highest BCUT2D eigenvalue weighted by molar-refractivity contribution is 7.89. The first kappa shape index (κ1) is 17.9. The van der Waals surface area contributed by atoms with Crippen LogP contribution >= 0.6 is 0 Å². The monoisotopic (exact) mass is 360 g/mol. The van der Waals surface area contributed by atoms with Crippen LogP contribution in [-0.2, 0) is 16.4 Å². The van der Waals surface area contributed by atoms with Gasteiger partial charge < -0.3 is 10.1 Å². The van der Waals surface area contributed by atoms with E-state index < -0.39 is 10.0 Å². The lowest BCUT2D eigenvalue weighted by Gasteiger charge is -2.29. The van der Waals surface area contributed by atoms with Crippen molar-refractivity contribution in [2.45, 2.75) is 30.3 Å². The first-order valence-corrected chi connectivity index (χ1v) is 9.81. The Morgan fingerprint density at radius 1 is 1.16 bits per heavy atom. The molecule has 0 bridgehead atoms. The minimum absolute atomic E-state index is 0.0242. The lowest BCUT2D eigenvalue weighted by atomic mass is 10.0. The van der Waals surface area contributed by atoms with Crippen LogP contribution in [0.1, 0.15) is 24.1 Å². The highest BCUT2D eigenvalue weighted by Crippen LogP contribution is 2.26. The predicted molar refractivity (Wildman–Crippen MR) is 98.3 cm³/mol. The van der Waals surface area contributed by atoms with Gasteiger partial charge in [-0.05, 0) is 42.7 Å². The third kappa shape index (κ3) is 3.86. The van der Waals surface area contributed by atoms with Gasteiger partial charge in [0.1, 0.15) is 12.4 Å². The smallest absolute Gasteiger partial charge is 0.242 e. The zero-order valence-corrected chi connectivity index (χ0v) is 15.6. The van der Waals surface area contributed by atoms with Crippen LogP contribution in [0.3, 0.4) is 0 Å². The first-order chi connectivity index (χ1) is 11.9. The van der Waals surface area contributed by atoms with E-state index in [9.17, 15) is 8.42 Å². The van der Waals surface area contributed by atoms with Crippen LogP contribution in [0.25, 0.3) is 0 Å². The Kier molecular flexibility index (Phi) is 5.13. The van der Waals surface area contributed by atoms with Crippen LogP contribution in [0.2, 0.25) is 0 Å². The summed E-state index contributed by atoms with van der Waals surface area (Å²) in [5.74, 6) is 0.951. The molecule has 2 atom stereocenters. The van der Waals surface area contributed by atoms with Crippen molar-refractivity contribution in [1.82, 2.24) is 9.62 Å². The Morgan fingerprint density at radius 3 is 2.68 bits per heavy atom. The van der Waals surface area contributed by atoms with Crippen molar-refractivity contribution in [2.75, 3.05) is 20.7 Å². The average Bonchev–Trinajstić information content (AvgIpc) is 2.61. The van der Waals surface area contributed by atoms with Crippen molar-refractivity contribution in [3.8, 4) is 5.75 Å². The van der Waals surface area contributed by atoms with E-state index in [2.05, 4.69) is 11.4 Å². The summed E-state index contributed by atoms with van der Waals surface area (Å²) < 4.78 is 31.7. The summed E-state index contributed by atoms with van der Waals surface area (Å²) in [7, 11) is -0.341. The lowest BCUT2D eigenvalue weighted by molar-refractivity contribution is 0.229. The van der Waals surface area contributed by atoms with E-state index >= 15 is 0 Å². The van der Waals surface area contributed by atoms with Crippen molar-refractivity contribution in [2.24, 2.45) is 0 Å². The van der Waals surface area contributed by atoms with Gasteiger partial charge in [-0.3, -0.25) is 0 Å². The molecule has 5 nitrogen and oxygen atoms in total. The summed E-state index contributed by atoms with van der Waals surface area (Å²) in [6.45, 7) is 2.65. The molecule has 0 radical (unpaired) electrons. The third-order valence-corrected chi connectivity index (χ3v) is 6.31. The molecule has 3 rings (SSSR count). The molecule has 0 aromatic heterocycles. The lowest BCUT2D eigenvalue weighted by Crippen LogP contribution is -2.40. The van der Waals surface area contributed by atoms with Gasteiger partial charge in [-0.2, -0.15) is 0 Å². The fourth-order valence-electron chi connectivity index (χ4n) is 3.04. The summed E-state index contributed by atoms with van der Waals surface area (Å²) in [5.41, 5.74) is 2.14. The van der Waals surface area contributed by atoms with Gasteiger partial charge in [0, 0.05) is 26.2 Å². The molecule has 134 valence electrons. The van der Waals surface area contributed by atoms with Crippen LogP contribution in [0.4, 0.5) is 0 Å². The van der Waals surface area contributed by atoms with Crippen LogP contribution < -0.4 is 10.1 Å². The molecule has 0 amide bonds. The Bertz CT molecular complexity index is 849. The van der Waals surface area contributed by atoms with Crippen LogP contribution in [0, 0.1) is 0 Å². The molecule has 6 heteroatoms. The van der Waals surface area contributed by atoms with E-state index in [1.165, 1.54) is 9.87 Å². The number of rotatable bonds is 5. The Labute approximate surface area is 149 Å². The van der Waals surface area contributed by atoms with Gasteiger partial charge in [-0.15, -0.1) is 0 Å². The van der Waals surface area contributed by atoms with Crippen molar-refractivity contribution >= 4 is 10.0 Å². The summed E-state index contributed by atoms with van der Waals surface area (Å²) in [6.07, 6.45) is 0.899. The normalized spacial score (nSPS) is 18.5. The van der Waals surface area contributed by atoms with E-state index in [0.29, 0.717) is 11.5 Å². The van der Waals surface area contributed by atoms with E-state index in [1.807, 2.05) is 31.2 Å². The van der Waals surface area contributed by atoms with Gasteiger partial charge in [0.05, 0.1) is 4.90 Å². The first-order valence-electron chi connectivity index (χ1n) is 8.37. The maximum Gasteiger partial charge on any atom is 0.242 e. The molecule has 1 N–H and O–H groups in total. The number of para-hydroxylation sites is 1. The zero-order valence-electron chi connectivity index (χ0n) is 14.8. The van der Waals surface area contributed by atoms with Gasteiger partial charge in [-0.1, -0.05) is 30.3 Å². The maximum atomic E-state index is 12.3. The molecule has 0 aliphatic carbocycles. The molecule has 2 unspecified atom stereocenters. The van der Waals surface area contributed by atoms with Crippen molar-refractivity contribution in [3.63, 3.8) is 0 Å². The van der Waals surface area contributed by atoms with Gasteiger partial charge in [0.25, 0.3) is 0 Å². The molecular formula is C19H24N2O3S. The molecule has 1 aliphatic heterocycles. The second-order valence-corrected chi connectivity index (χ2v) is 8.72. The number of nitrogens with zero attached hydrogens (tertiary/aromatic N) is 1. The van der Waals surface area contributed by atoms with Crippen LogP contribution in [0.5, 0.6) is 5.75 Å². The minimum atomic E-state index is -3.43. The van der Waals surface area contributed by atoms with E-state index in [1.54, 1.807) is 32.3 Å². The van der Waals surface area contributed by atoms with E-state index in [0.717, 1.165) is 17.7 Å². The number of ether oxygens (including phenoxy) is 1. The number of hydrogen-bond donors (Lipinski definition) is 1. The highest BCUT2D eigenvalue weighted by atomic mass is 32.2. The number of nitrogens with one attached hydrogen (secondary N) is 1. The minimum Gasteiger partial charge on any atom is -0.492 e. The summed E-state index contributed by atoms with van der Waals surface area (Å²) in [5, 5.41) is 3.55. The molecule has 2 aromatic carbocycles. The van der Waals surface area contributed by atoms with Crippen LogP contribution in [0.15, 0.2) is 53.4 Å². The van der Waals surface area contributed by atoms with Gasteiger partial charge in [0.15, 0.2) is 0 Å². The molecule has 0 fully saturated rings. The number of fused-ring (bicyclic) bond motifs is 1. The maximum absolute atomic E-state index is 12.3. The molecule has 0 spiro atoms. The second kappa shape index (κ2) is 7.15. The summed E-state index contributed by atoms with van der Waals surface area (Å²) in [6, 6.07) is 15.4. The number of benzene rings is 2. The molecule has 1 heterocycles. The molecule has 1 aliphatic rings. The summed E-state index contributed by atoms with van der Waals surface area (Å²) in [4.78, 5) is 0.314. The average molecular weight is 360 g/mol. The van der Waals surface area contributed by atoms with Crippen molar-refractivity contribution in [1.29, 1.82) is 0 Å². The van der Waals surface area contributed by atoms with Crippen molar-refractivity contribution < 1.29 is 13.2 Å². The molecule has 25 heavy (non-hydrogen) atoms. The van der Waals surface area contributed by atoms with E-state index in [4.69, 9.17) is 4.74 Å². The zero-order chi connectivity index (χ0) is 18.0. The quantitative estimate of drug-likeness (QED) is 0.890. The fraction of sp³-hybridized carbons (Fsp3) is 0.368. The van der Waals surface area contributed by atoms with E-state index in [-0.39, 0.29) is 12.1 Å². The molecule has 0 saturated carbocycles. The molecule has 2 aromatic rings. The number of sulfonamides is 1. The topological polar surface area (TPSA) is 58.6 Å². The largest absolute Gasteiger partial charge is 0.492 e. The third-order valence-electron chi connectivity index (χ3n) is 4.50. The predicted octanol–water partition coefficient (Wildman–Crippen LogP) is 2.59. The second-order valence-electron chi connectivity index (χ2n) is 6.57. The van der Waals surface area contributed by atoms with Gasteiger partial charge in [-0.25, -0.2) is 12.7 Å². The standard InChI is InChI=1S/C19H24N2O3S/c1-14(15-8-6-9-18(12-15)25(22,23)21(2)3)20-17-11-16-7-4-5-10-19(16)24-13-17/h4-10,12,14,17,20H,11,13H2,1-3H3. The van der Waals surface area contributed by atoms with Gasteiger partial charge >= 0.3 is 0 Å². The Balaban J connectivity index is 1.73. The molecule has 0 saturated heterocycles. The molecular weight excluding hydrogens is 336 g/mol. The summed E-state index contributed by atoms with van der Waals surface area (Å²) >= 11 is 0. The highest BCUT2D eigenvalue weighted by Gasteiger charge is 2.22.